The Morgan fingerprint density at radius 3 is 1.97 bits per heavy atom. The van der Waals surface area contributed by atoms with Crippen LogP contribution in [-0.2, 0) is 20.3 Å². The van der Waals surface area contributed by atoms with Crippen LogP contribution in [0.15, 0.2) is 89.8 Å². The first-order chi connectivity index (χ1) is 15.4. The average molecular weight is 447 g/mol. The van der Waals surface area contributed by atoms with E-state index in [9.17, 15) is 13.2 Å². The zero-order valence-corrected chi connectivity index (χ0v) is 18.3. The Bertz CT molecular complexity index is 1220. The van der Waals surface area contributed by atoms with Crippen molar-refractivity contribution in [1.82, 2.24) is 9.62 Å². The molecule has 6 nitrogen and oxygen atoms in total. The number of ether oxygens (including phenoxy) is 1. The van der Waals surface area contributed by atoms with Gasteiger partial charge in [0.25, 0.3) is 0 Å². The van der Waals surface area contributed by atoms with Gasteiger partial charge in [-0.25, -0.2) is 18.1 Å². The molecule has 0 unspecified atom stereocenters. The van der Waals surface area contributed by atoms with Gasteiger partial charge >= 0.3 is 6.09 Å². The molecule has 0 spiro atoms. The van der Waals surface area contributed by atoms with E-state index in [2.05, 4.69) is 16.7 Å². The van der Waals surface area contributed by atoms with E-state index in [0.717, 1.165) is 5.56 Å². The third kappa shape index (κ3) is 4.37. The number of sulfonamides is 1. The molecule has 1 aliphatic rings. The van der Waals surface area contributed by atoms with E-state index >= 15 is 0 Å². The van der Waals surface area contributed by atoms with Crippen LogP contribution in [0.5, 0.6) is 0 Å². The van der Waals surface area contributed by atoms with Crippen LogP contribution < -0.4 is 4.72 Å². The number of amides is 1. The molecule has 1 N–H and O–H groups in total. The molecular formula is C25H22N2O4S. The summed E-state index contributed by atoms with van der Waals surface area (Å²) in [6, 6.07) is 27.6. The summed E-state index contributed by atoms with van der Waals surface area (Å²) in [4.78, 5) is 13.3. The highest BCUT2D eigenvalue weighted by molar-refractivity contribution is 7.89. The lowest BCUT2D eigenvalue weighted by molar-refractivity contribution is 0.167. The first-order valence-corrected chi connectivity index (χ1v) is 11.6. The van der Waals surface area contributed by atoms with E-state index in [1.165, 1.54) is 4.90 Å². The maximum Gasteiger partial charge on any atom is 0.421 e. The van der Waals surface area contributed by atoms with Crippen LogP contribution in [0.25, 0.3) is 0 Å². The topological polar surface area (TPSA) is 75.7 Å². The van der Waals surface area contributed by atoms with Crippen molar-refractivity contribution in [1.29, 1.82) is 0 Å². The number of carbonyl (C=O) groups is 1. The van der Waals surface area contributed by atoms with Crippen LogP contribution in [0.3, 0.4) is 0 Å². The van der Waals surface area contributed by atoms with Gasteiger partial charge in [0.05, 0.1) is 11.4 Å². The normalized spacial score (nSPS) is 13.9. The van der Waals surface area contributed by atoms with Gasteiger partial charge in [0, 0.05) is 6.04 Å². The van der Waals surface area contributed by atoms with Gasteiger partial charge in [0.1, 0.15) is 12.1 Å². The smallest absolute Gasteiger partial charge is 0.421 e. The van der Waals surface area contributed by atoms with Crippen molar-refractivity contribution in [3.05, 3.63) is 102 Å². The Kier molecular flexibility index (Phi) is 5.99. The summed E-state index contributed by atoms with van der Waals surface area (Å²) < 4.78 is 34.8. The summed E-state index contributed by atoms with van der Waals surface area (Å²) in [5, 5.41) is 0. The van der Waals surface area contributed by atoms with Crippen LogP contribution in [0.4, 0.5) is 4.79 Å². The van der Waals surface area contributed by atoms with Crippen molar-refractivity contribution >= 4 is 16.1 Å². The van der Waals surface area contributed by atoms with Gasteiger partial charge in [-0.3, -0.25) is 0 Å². The molecule has 0 aromatic heterocycles. The Labute approximate surface area is 187 Å². The molecule has 1 saturated heterocycles. The molecule has 162 valence electrons. The minimum absolute atomic E-state index is 0.127. The summed E-state index contributed by atoms with van der Waals surface area (Å²) in [6.45, 7) is 2.45. The number of nitrogens with one attached hydrogen (secondary N) is 1. The van der Waals surface area contributed by atoms with Crippen LogP contribution in [-0.4, -0.2) is 32.6 Å². The summed E-state index contributed by atoms with van der Waals surface area (Å²) in [6.07, 6.45) is -0.547. The minimum atomic E-state index is -3.98. The molecule has 1 fully saturated rings. The van der Waals surface area contributed by atoms with Crippen LogP contribution >= 0.6 is 0 Å². The fourth-order valence-corrected chi connectivity index (χ4v) is 4.76. The summed E-state index contributed by atoms with van der Waals surface area (Å²) >= 11 is 0. The number of carbonyl (C=O) groups excluding carboxylic acids is 1. The van der Waals surface area contributed by atoms with Crippen molar-refractivity contribution in [2.75, 3.05) is 13.2 Å². The lowest BCUT2D eigenvalue weighted by atomic mass is 9.84. The molecule has 3 aromatic carbocycles. The number of hydrogen-bond acceptors (Lipinski definition) is 4. The second-order valence-corrected chi connectivity index (χ2v) is 9.09. The Morgan fingerprint density at radius 2 is 1.47 bits per heavy atom. The molecule has 7 heteroatoms. The van der Waals surface area contributed by atoms with Gasteiger partial charge in [-0.05, 0) is 36.1 Å². The van der Waals surface area contributed by atoms with Crippen LogP contribution in [0.2, 0.25) is 0 Å². The molecule has 0 atom stereocenters. The number of cyclic esters (lactones) is 1. The highest BCUT2D eigenvalue weighted by Crippen LogP contribution is 2.31. The zero-order valence-electron chi connectivity index (χ0n) is 17.5. The fourth-order valence-electron chi connectivity index (χ4n) is 3.45. The molecule has 0 radical (unpaired) electrons. The maximum absolute atomic E-state index is 13.5. The third-order valence-electron chi connectivity index (χ3n) is 5.17. The van der Waals surface area contributed by atoms with Crippen molar-refractivity contribution < 1.29 is 17.9 Å². The van der Waals surface area contributed by atoms with Crippen molar-refractivity contribution in [2.45, 2.75) is 17.4 Å². The number of nitrogens with zero attached hydrogens (tertiary/aromatic N) is 1. The average Bonchev–Trinajstić information content (AvgIpc) is 3.23. The van der Waals surface area contributed by atoms with E-state index < -0.39 is 21.7 Å². The molecule has 0 bridgehead atoms. The molecule has 1 heterocycles. The monoisotopic (exact) mass is 446 g/mol. The van der Waals surface area contributed by atoms with Gasteiger partial charge in [-0.15, -0.1) is 0 Å². The van der Waals surface area contributed by atoms with E-state index in [4.69, 9.17) is 4.74 Å². The Hall–Kier alpha value is -3.60. The molecule has 3 aromatic rings. The van der Waals surface area contributed by atoms with Gasteiger partial charge in [0.15, 0.2) is 0 Å². The predicted molar refractivity (Wildman–Crippen MR) is 121 cm³/mol. The van der Waals surface area contributed by atoms with Gasteiger partial charge in [-0.1, -0.05) is 78.4 Å². The third-order valence-corrected chi connectivity index (χ3v) is 6.64. The highest BCUT2D eigenvalue weighted by atomic mass is 32.2. The Morgan fingerprint density at radius 1 is 0.906 bits per heavy atom. The molecule has 4 rings (SSSR count). The number of aryl methyl sites for hydroxylation is 1. The first kappa shape index (κ1) is 21.6. The van der Waals surface area contributed by atoms with Crippen molar-refractivity contribution in [3.8, 4) is 12.0 Å². The maximum atomic E-state index is 13.5. The lowest BCUT2D eigenvalue weighted by Gasteiger charge is -2.31. The molecule has 1 aliphatic heterocycles. The summed E-state index contributed by atoms with van der Waals surface area (Å²) in [5.74, 6) is 3.06. The van der Waals surface area contributed by atoms with Crippen molar-refractivity contribution in [2.24, 2.45) is 0 Å². The highest BCUT2D eigenvalue weighted by Gasteiger charge is 2.38. The second kappa shape index (κ2) is 8.87. The quantitative estimate of drug-likeness (QED) is 0.608. The first-order valence-electron chi connectivity index (χ1n) is 10.1. The zero-order chi connectivity index (χ0) is 22.6. The predicted octanol–water partition coefficient (Wildman–Crippen LogP) is 3.63. The largest absolute Gasteiger partial charge is 0.447 e. The summed E-state index contributed by atoms with van der Waals surface area (Å²) in [5.41, 5.74) is 0.771. The number of benzene rings is 3. The van der Waals surface area contributed by atoms with Crippen molar-refractivity contribution in [3.63, 3.8) is 0 Å². The molecular weight excluding hydrogens is 424 g/mol. The van der Waals surface area contributed by atoms with Gasteiger partial charge in [-0.2, -0.15) is 4.72 Å². The number of hydrogen-bond donors (Lipinski definition) is 1. The summed E-state index contributed by atoms with van der Waals surface area (Å²) in [7, 11) is -3.98. The van der Waals surface area contributed by atoms with E-state index in [1.807, 2.05) is 67.6 Å². The van der Waals surface area contributed by atoms with Gasteiger partial charge < -0.3 is 4.74 Å². The van der Waals surface area contributed by atoms with Gasteiger partial charge in [0.2, 0.25) is 10.0 Å². The Balaban J connectivity index is 1.91. The molecule has 0 aliphatic carbocycles. The fraction of sp³-hybridized carbons (Fsp3) is 0.160. The molecule has 1 amide bonds. The van der Waals surface area contributed by atoms with Crippen LogP contribution in [0.1, 0.15) is 16.7 Å². The molecule has 32 heavy (non-hydrogen) atoms. The SMILES string of the molecule is Cc1ccc(S(=O)(=O)NC(C#CN2CCOC2=O)(c2ccccc2)c2ccccc2)cc1. The minimum Gasteiger partial charge on any atom is -0.447 e. The number of rotatable bonds is 5. The van der Waals surface area contributed by atoms with Crippen LogP contribution in [0, 0.1) is 18.9 Å². The lowest BCUT2D eigenvalue weighted by Crippen LogP contribution is -2.46. The van der Waals surface area contributed by atoms with E-state index in [1.54, 1.807) is 24.3 Å². The molecule has 0 saturated carbocycles. The second-order valence-electron chi connectivity index (χ2n) is 7.40. The van der Waals surface area contributed by atoms with E-state index in [-0.39, 0.29) is 11.5 Å². The standard InChI is InChI=1S/C25H22N2O4S/c1-20-12-14-23(15-13-20)32(29,30)26-25(21-8-4-2-5-9-21,22-10-6-3-7-11-22)16-17-27-18-19-31-24(27)28/h2-15,26H,18-19H2,1H3. The van der Waals surface area contributed by atoms with E-state index in [0.29, 0.717) is 17.7 Å².